The first-order valence-corrected chi connectivity index (χ1v) is 11.6. The number of carbonyl (C=O) groups is 2. The van der Waals surface area contributed by atoms with Gasteiger partial charge in [0.2, 0.25) is 5.28 Å². The third-order valence-corrected chi connectivity index (χ3v) is 6.39. The molecule has 182 valence electrons. The Morgan fingerprint density at radius 1 is 1.32 bits per heavy atom. The van der Waals surface area contributed by atoms with E-state index in [1.165, 1.54) is 23.8 Å². The number of nitrogens with one attached hydrogen (secondary N) is 1. The van der Waals surface area contributed by atoms with Crippen LogP contribution >= 0.6 is 11.6 Å². The minimum absolute atomic E-state index is 0.0656. The number of aliphatic carboxylic acids is 1. The highest BCUT2D eigenvalue weighted by molar-refractivity contribution is 6.29. The average molecular weight is 490 g/mol. The molecule has 1 aromatic carbocycles. The van der Waals surface area contributed by atoms with Crippen molar-refractivity contribution in [3.05, 3.63) is 52.3 Å². The lowest BCUT2D eigenvalue weighted by atomic mass is 9.82. The lowest BCUT2D eigenvalue weighted by molar-refractivity contribution is -0.143. The van der Waals surface area contributed by atoms with Crippen LogP contribution in [-0.4, -0.2) is 45.8 Å². The molecule has 0 atom stereocenters. The minimum atomic E-state index is -0.763. The molecular weight excluding hydrogens is 461 g/mol. The monoisotopic (exact) mass is 489 g/mol. The van der Waals surface area contributed by atoms with E-state index >= 15 is 0 Å². The normalized spacial score (nSPS) is 18.1. The van der Waals surface area contributed by atoms with Crippen molar-refractivity contribution in [3.8, 4) is 11.8 Å². The second-order valence-electron chi connectivity index (χ2n) is 9.02. The number of halogens is 2. The van der Waals surface area contributed by atoms with Crippen LogP contribution in [0, 0.1) is 29.5 Å². The van der Waals surface area contributed by atoms with Gasteiger partial charge in [-0.25, -0.2) is 9.37 Å². The minimum Gasteiger partial charge on any atom is -0.481 e. The Labute approximate surface area is 203 Å². The fourth-order valence-electron chi connectivity index (χ4n) is 3.90. The van der Waals surface area contributed by atoms with Crippen molar-refractivity contribution < 1.29 is 23.8 Å². The number of benzene rings is 1. The third-order valence-electron chi connectivity index (χ3n) is 6.11. The fraction of sp³-hybridized carbons (Fsp3) is 0.480. The number of nitrogens with zero attached hydrogens (tertiary/aromatic N) is 2. The van der Waals surface area contributed by atoms with Crippen LogP contribution in [-0.2, 0) is 16.1 Å². The Balaban J connectivity index is 1.84. The molecule has 1 saturated carbocycles. The van der Waals surface area contributed by atoms with Gasteiger partial charge in [0.1, 0.15) is 22.8 Å². The van der Waals surface area contributed by atoms with Crippen LogP contribution in [0.1, 0.15) is 61.3 Å². The zero-order chi connectivity index (χ0) is 24.9. The van der Waals surface area contributed by atoms with Crippen molar-refractivity contribution >= 4 is 23.5 Å². The molecule has 7 nitrogen and oxygen atoms in total. The first-order valence-electron chi connectivity index (χ1n) is 11.2. The van der Waals surface area contributed by atoms with Crippen LogP contribution in [0.3, 0.4) is 0 Å². The molecule has 1 heterocycles. The number of methoxy groups -OCH3 is 1. The summed E-state index contributed by atoms with van der Waals surface area (Å²) in [7, 11) is 1.54. The predicted octanol–water partition coefficient (Wildman–Crippen LogP) is 4.12. The quantitative estimate of drug-likeness (QED) is 0.570. The van der Waals surface area contributed by atoms with Gasteiger partial charge in [-0.1, -0.05) is 18.1 Å². The molecule has 2 aromatic rings. The molecule has 2 N–H and O–H groups in total. The van der Waals surface area contributed by atoms with Gasteiger partial charge < -0.3 is 19.7 Å². The van der Waals surface area contributed by atoms with Crippen molar-refractivity contribution in [1.82, 2.24) is 14.9 Å². The summed E-state index contributed by atoms with van der Waals surface area (Å²) in [5.41, 5.74) is 0.263. The molecule has 1 aliphatic rings. The van der Waals surface area contributed by atoms with Crippen LogP contribution in [0.4, 0.5) is 4.39 Å². The first kappa shape index (κ1) is 25.7. The number of aromatic nitrogens is 2. The number of rotatable bonds is 7. The summed E-state index contributed by atoms with van der Waals surface area (Å²) in [5.74, 6) is 4.19. The van der Waals surface area contributed by atoms with Crippen molar-refractivity contribution in [2.75, 3.05) is 13.7 Å². The van der Waals surface area contributed by atoms with Crippen LogP contribution in [0.25, 0.3) is 0 Å². The molecule has 1 aliphatic carbocycles. The second kappa shape index (κ2) is 11.0. The van der Waals surface area contributed by atoms with E-state index < -0.39 is 23.3 Å². The van der Waals surface area contributed by atoms with Crippen molar-refractivity contribution in [2.24, 2.45) is 11.8 Å². The molecule has 3 rings (SSSR count). The van der Waals surface area contributed by atoms with E-state index in [9.17, 15) is 19.1 Å². The smallest absolute Gasteiger partial charge is 0.306 e. The Morgan fingerprint density at radius 2 is 2.03 bits per heavy atom. The van der Waals surface area contributed by atoms with Crippen LogP contribution in [0.2, 0.25) is 5.28 Å². The molecular formula is C25H29ClFN3O4. The van der Waals surface area contributed by atoms with Gasteiger partial charge in [-0.05, 0) is 80.7 Å². The molecule has 0 saturated heterocycles. The number of ether oxygens (including phenoxy) is 1. The number of carboxylic acid groups (broad SMARTS) is 1. The molecule has 0 aliphatic heterocycles. The van der Waals surface area contributed by atoms with E-state index in [4.69, 9.17) is 16.3 Å². The van der Waals surface area contributed by atoms with Gasteiger partial charge in [0, 0.05) is 13.7 Å². The highest BCUT2D eigenvalue weighted by Gasteiger charge is 2.27. The Kier molecular flexibility index (Phi) is 8.34. The maximum absolute atomic E-state index is 13.7. The highest BCUT2D eigenvalue weighted by Crippen LogP contribution is 2.28. The van der Waals surface area contributed by atoms with E-state index in [-0.39, 0.29) is 35.1 Å². The van der Waals surface area contributed by atoms with E-state index in [0.717, 1.165) is 12.8 Å². The van der Waals surface area contributed by atoms with E-state index in [0.29, 0.717) is 24.9 Å². The van der Waals surface area contributed by atoms with Gasteiger partial charge in [0.15, 0.2) is 0 Å². The number of hydrogen-bond acceptors (Lipinski definition) is 4. The highest BCUT2D eigenvalue weighted by atomic mass is 35.5. The van der Waals surface area contributed by atoms with E-state index in [1.54, 1.807) is 26.0 Å². The SMILES string of the molecule is COC(C)(C)C#Cc1nc(Cl)n(Cc2cccc(F)c2)c1C(=O)NC[C@H]1CC[C@H](C(=O)O)CC1. The van der Waals surface area contributed by atoms with Gasteiger partial charge in [-0.2, -0.15) is 0 Å². The Hall–Kier alpha value is -2.89. The van der Waals surface area contributed by atoms with Crippen molar-refractivity contribution in [1.29, 1.82) is 0 Å². The molecule has 34 heavy (non-hydrogen) atoms. The summed E-state index contributed by atoms with van der Waals surface area (Å²) in [6, 6.07) is 6.04. The molecule has 0 radical (unpaired) electrons. The molecule has 0 spiro atoms. The zero-order valence-electron chi connectivity index (χ0n) is 19.5. The summed E-state index contributed by atoms with van der Waals surface area (Å²) in [5, 5.41) is 12.2. The zero-order valence-corrected chi connectivity index (χ0v) is 20.3. The topological polar surface area (TPSA) is 93.5 Å². The van der Waals surface area contributed by atoms with Gasteiger partial charge >= 0.3 is 5.97 Å². The second-order valence-corrected chi connectivity index (χ2v) is 9.36. The lowest BCUT2D eigenvalue weighted by Gasteiger charge is -2.26. The predicted molar refractivity (Wildman–Crippen MR) is 126 cm³/mol. The molecule has 9 heteroatoms. The summed E-state index contributed by atoms with van der Waals surface area (Å²) in [4.78, 5) is 28.7. The number of hydrogen-bond donors (Lipinski definition) is 2. The number of carboxylic acids is 1. The van der Waals surface area contributed by atoms with Gasteiger partial charge in [0.05, 0.1) is 12.5 Å². The fourth-order valence-corrected chi connectivity index (χ4v) is 4.13. The summed E-state index contributed by atoms with van der Waals surface area (Å²) < 4.78 is 20.6. The molecule has 1 aromatic heterocycles. The lowest BCUT2D eigenvalue weighted by Crippen LogP contribution is -2.34. The number of amides is 1. The molecule has 1 amide bonds. The maximum atomic E-state index is 13.7. The summed E-state index contributed by atoms with van der Waals surface area (Å²) in [6.45, 7) is 4.13. The Morgan fingerprint density at radius 3 is 2.65 bits per heavy atom. The molecule has 1 fully saturated rings. The maximum Gasteiger partial charge on any atom is 0.306 e. The van der Waals surface area contributed by atoms with Crippen LogP contribution in [0.15, 0.2) is 24.3 Å². The largest absolute Gasteiger partial charge is 0.481 e. The molecule has 0 unspecified atom stereocenters. The van der Waals surface area contributed by atoms with Crippen molar-refractivity contribution in [3.63, 3.8) is 0 Å². The van der Waals surface area contributed by atoms with Gasteiger partial charge in [0.25, 0.3) is 5.91 Å². The first-order chi connectivity index (χ1) is 16.1. The summed E-state index contributed by atoms with van der Waals surface area (Å²) >= 11 is 6.39. The van der Waals surface area contributed by atoms with E-state index in [1.807, 2.05) is 0 Å². The third kappa shape index (κ3) is 6.58. The average Bonchev–Trinajstić information content (AvgIpc) is 3.11. The van der Waals surface area contributed by atoms with Crippen LogP contribution < -0.4 is 5.32 Å². The van der Waals surface area contributed by atoms with Gasteiger partial charge in [-0.3, -0.25) is 9.59 Å². The number of imidazole rings is 1. The Bertz CT molecular complexity index is 1110. The van der Waals surface area contributed by atoms with Crippen molar-refractivity contribution in [2.45, 2.75) is 51.7 Å². The van der Waals surface area contributed by atoms with E-state index in [2.05, 4.69) is 22.1 Å². The number of carbonyl (C=O) groups excluding carboxylic acids is 1. The van der Waals surface area contributed by atoms with Crippen LogP contribution in [0.5, 0.6) is 0 Å². The molecule has 0 bridgehead atoms. The summed E-state index contributed by atoms with van der Waals surface area (Å²) in [6.07, 6.45) is 2.66. The standard InChI is InChI=1S/C25H29ClFN3O4/c1-25(2,34-3)12-11-20-21(22(31)28-14-16-7-9-18(10-8-16)23(32)33)30(24(26)29-20)15-17-5-4-6-19(27)13-17/h4-6,13,16,18H,7-10,14-15H2,1-3H3,(H,28,31)(H,32,33)/t16-,18-. The van der Waals surface area contributed by atoms with Gasteiger partial charge in [-0.15, -0.1) is 0 Å².